The average molecular weight is 446 g/mol. The molecule has 0 saturated heterocycles. The van der Waals surface area contributed by atoms with E-state index in [0.717, 1.165) is 24.1 Å². The number of hydrogen-bond donors (Lipinski definition) is 1. The van der Waals surface area contributed by atoms with E-state index in [1.165, 1.54) is 34.9 Å². The minimum absolute atomic E-state index is 0.366. The number of ether oxygens (including phenoxy) is 1. The summed E-state index contributed by atoms with van der Waals surface area (Å²) >= 11 is 0. The highest BCUT2D eigenvalue weighted by atomic mass is 32.2. The summed E-state index contributed by atoms with van der Waals surface area (Å²) in [4.78, 5) is 2.47. The lowest BCUT2D eigenvalue weighted by atomic mass is 9.82. The first-order chi connectivity index (χ1) is 14.7. The molecule has 2 atom stereocenters. The zero-order chi connectivity index (χ0) is 22.6. The lowest BCUT2D eigenvalue weighted by molar-refractivity contribution is 0.236. The van der Waals surface area contributed by atoms with Gasteiger partial charge in [0.15, 0.2) is 0 Å². The topological polar surface area (TPSA) is 80.0 Å². The van der Waals surface area contributed by atoms with Gasteiger partial charge in [-0.2, -0.15) is 8.42 Å². The minimum atomic E-state index is -3.67. The van der Waals surface area contributed by atoms with Gasteiger partial charge in [-0.05, 0) is 68.0 Å². The molecule has 1 heterocycles. The van der Waals surface area contributed by atoms with Crippen LogP contribution in [0, 0.1) is 0 Å². The van der Waals surface area contributed by atoms with Crippen LogP contribution in [-0.2, 0) is 16.5 Å². The van der Waals surface area contributed by atoms with E-state index in [-0.39, 0.29) is 0 Å². The van der Waals surface area contributed by atoms with E-state index in [1.807, 2.05) is 6.26 Å². The van der Waals surface area contributed by atoms with Crippen LogP contribution in [0.15, 0.2) is 53.3 Å². The van der Waals surface area contributed by atoms with Crippen molar-refractivity contribution in [1.29, 1.82) is 0 Å². The Bertz CT molecular complexity index is 1110. The summed E-state index contributed by atoms with van der Waals surface area (Å²) in [6, 6.07) is 13.5. The van der Waals surface area contributed by atoms with Crippen LogP contribution in [0.5, 0.6) is 5.75 Å². The van der Waals surface area contributed by atoms with E-state index in [2.05, 4.69) is 55.3 Å². The normalized spacial score (nSPS) is 17.0. The predicted molar refractivity (Wildman–Crippen MR) is 123 cm³/mol. The Morgan fingerprint density at radius 1 is 1.23 bits per heavy atom. The van der Waals surface area contributed by atoms with Crippen molar-refractivity contribution in [3.63, 3.8) is 0 Å². The quantitative estimate of drug-likeness (QED) is 0.553. The van der Waals surface area contributed by atoms with Crippen LogP contribution >= 0.6 is 0 Å². The van der Waals surface area contributed by atoms with Crippen LogP contribution in [0.25, 0.3) is 10.8 Å². The molecule has 0 spiro atoms. The highest BCUT2D eigenvalue weighted by molar-refractivity contribution is 7.85. The molecule has 0 fully saturated rings. The van der Waals surface area contributed by atoms with Crippen LogP contribution in [0.1, 0.15) is 48.4 Å². The SMILES string of the molecule is COc1cccc2c1CCC[C@H]2CN(C)C(C)c1ccc2cocc2c1.CS(=O)(=O)O. The van der Waals surface area contributed by atoms with E-state index in [0.29, 0.717) is 18.2 Å². The molecule has 1 N–H and O–H groups in total. The third-order valence-electron chi connectivity index (χ3n) is 5.96. The zero-order valence-electron chi connectivity index (χ0n) is 18.5. The number of methoxy groups -OCH3 is 1. The largest absolute Gasteiger partial charge is 0.496 e. The maximum Gasteiger partial charge on any atom is 0.261 e. The molecule has 7 heteroatoms. The summed E-state index contributed by atoms with van der Waals surface area (Å²) in [5.74, 6) is 1.62. The van der Waals surface area contributed by atoms with Crippen LogP contribution < -0.4 is 4.74 Å². The van der Waals surface area contributed by atoms with E-state index >= 15 is 0 Å². The fraction of sp³-hybridized carbons (Fsp3) is 0.417. The molecule has 0 bridgehead atoms. The van der Waals surface area contributed by atoms with Gasteiger partial charge in [0.1, 0.15) is 5.75 Å². The van der Waals surface area contributed by atoms with Crippen LogP contribution in [0.3, 0.4) is 0 Å². The van der Waals surface area contributed by atoms with Gasteiger partial charge in [0.2, 0.25) is 0 Å². The standard InChI is InChI=1S/C23H27NO2.CH4O3S/c1-16(17-10-11-19-14-26-15-20(19)12-17)24(2)13-18-6-4-8-22-21(18)7-5-9-23(22)25-3;1-5(2,3)4/h5,7,9-12,14-16,18H,4,6,8,13H2,1-3H3;1H3,(H,2,3,4)/t16?,18-;/m0./s1. The number of nitrogens with zero attached hydrogens (tertiary/aromatic N) is 1. The van der Waals surface area contributed by atoms with Crippen molar-refractivity contribution < 1.29 is 22.1 Å². The van der Waals surface area contributed by atoms with Crippen LogP contribution in [0.4, 0.5) is 0 Å². The van der Waals surface area contributed by atoms with Crippen molar-refractivity contribution >= 4 is 20.9 Å². The molecule has 0 amide bonds. The van der Waals surface area contributed by atoms with Gasteiger partial charge >= 0.3 is 0 Å². The lowest BCUT2D eigenvalue weighted by Crippen LogP contribution is -2.29. The zero-order valence-corrected chi connectivity index (χ0v) is 19.4. The summed E-state index contributed by atoms with van der Waals surface area (Å²) in [5.41, 5.74) is 4.22. The Balaban J connectivity index is 0.000000491. The Morgan fingerprint density at radius 3 is 2.65 bits per heavy atom. The Hall–Kier alpha value is -2.35. The first kappa shape index (κ1) is 23.3. The molecule has 2 aromatic carbocycles. The second-order valence-electron chi connectivity index (χ2n) is 8.23. The predicted octanol–water partition coefficient (Wildman–Crippen LogP) is 5.06. The second-order valence-corrected chi connectivity index (χ2v) is 9.69. The molecule has 1 aliphatic carbocycles. The van der Waals surface area contributed by atoms with Crippen molar-refractivity contribution in [2.45, 2.75) is 38.1 Å². The van der Waals surface area contributed by atoms with Gasteiger partial charge < -0.3 is 9.15 Å². The molecule has 31 heavy (non-hydrogen) atoms. The maximum absolute atomic E-state index is 9.19. The van der Waals surface area contributed by atoms with Gasteiger partial charge in [-0.1, -0.05) is 24.3 Å². The number of fused-ring (bicyclic) bond motifs is 2. The van der Waals surface area contributed by atoms with Crippen molar-refractivity contribution in [3.8, 4) is 5.75 Å². The number of benzene rings is 2. The third kappa shape index (κ3) is 6.09. The third-order valence-corrected chi connectivity index (χ3v) is 5.96. The Morgan fingerprint density at radius 2 is 1.94 bits per heavy atom. The summed E-state index contributed by atoms with van der Waals surface area (Å²) in [6.45, 7) is 3.35. The molecule has 0 radical (unpaired) electrons. The monoisotopic (exact) mass is 445 g/mol. The van der Waals surface area contributed by atoms with Crippen LogP contribution in [0.2, 0.25) is 0 Å². The molecular formula is C24H31NO5S. The molecule has 4 rings (SSSR count). The van der Waals surface area contributed by atoms with Crippen molar-refractivity contribution in [2.75, 3.05) is 27.0 Å². The van der Waals surface area contributed by atoms with Crippen LogP contribution in [-0.4, -0.2) is 44.8 Å². The Labute approximate surface area is 184 Å². The van der Waals surface area contributed by atoms with Crippen molar-refractivity contribution in [1.82, 2.24) is 4.90 Å². The summed E-state index contributed by atoms with van der Waals surface area (Å²) in [5, 5.41) is 2.34. The highest BCUT2D eigenvalue weighted by Crippen LogP contribution is 2.38. The van der Waals surface area contributed by atoms with E-state index < -0.39 is 10.1 Å². The average Bonchev–Trinajstić information content (AvgIpc) is 3.19. The van der Waals surface area contributed by atoms with Crippen molar-refractivity contribution in [2.24, 2.45) is 0 Å². The molecule has 0 saturated carbocycles. The molecular weight excluding hydrogens is 414 g/mol. The van der Waals surface area contributed by atoms with Gasteiger partial charge in [-0.25, -0.2) is 0 Å². The molecule has 1 aliphatic rings. The smallest absolute Gasteiger partial charge is 0.261 e. The van der Waals surface area contributed by atoms with E-state index in [4.69, 9.17) is 13.7 Å². The summed E-state index contributed by atoms with van der Waals surface area (Å²) in [7, 11) is 0.345. The minimum Gasteiger partial charge on any atom is -0.496 e. The molecule has 6 nitrogen and oxygen atoms in total. The first-order valence-corrected chi connectivity index (χ1v) is 12.3. The molecule has 1 unspecified atom stereocenters. The fourth-order valence-electron chi connectivity index (χ4n) is 4.30. The van der Waals surface area contributed by atoms with Crippen molar-refractivity contribution in [3.05, 3.63) is 65.6 Å². The molecule has 3 aromatic rings. The van der Waals surface area contributed by atoms with Gasteiger partial charge in [-0.15, -0.1) is 0 Å². The summed E-state index contributed by atoms with van der Waals surface area (Å²) in [6.07, 6.45) is 7.97. The fourth-order valence-corrected chi connectivity index (χ4v) is 4.30. The maximum atomic E-state index is 9.19. The summed E-state index contributed by atoms with van der Waals surface area (Å²) < 4.78 is 36.8. The van der Waals surface area contributed by atoms with Gasteiger partial charge in [0, 0.05) is 23.4 Å². The number of hydrogen-bond acceptors (Lipinski definition) is 5. The molecule has 1 aromatic heterocycles. The van der Waals surface area contributed by atoms with E-state index in [1.54, 1.807) is 13.4 Å². The van der Waals surface area contributed by atoms with Gasteiger partial charge in [0.25, 0.3) is 10.1 Å². The number of furan rings is 1. The number of likely N-dealkylation sites (N-methyl/N-ethyl adjacent to an activating group) is 1. The van der Waals surface area contributed by atoms with Gasteiger partial charge in [0.05, 0.1) is 25.9 Å². The molecule has 0 aliphatic heterocycles. The van der Waals surface area contributed by atoms with Gasteiger partial charge in [-0.3, -0.25) is 9.45 Å². The highest BCUT2D eigenvalue weighted by Gasteiger charge is 2.25. The number of rotatable bonds is 5. The van der Waals surface area contributed by atoms with E-state index in [9.17, 15) is 8.42 Å². The second kappa shape index (κ2) is 9.85. The lowest BCUT2D eigenvalue weighted by Gasteiger charge is -2.33. The molecule has 168 valence electrons. The first-order valence-electron chi connectivity index (χ1n) is 10.4. The Kier molecular flexibility index (Phi) is 7.41.